The largest absolute Gasteiger partial charge is 0.354 e. The zero-order valence-electron chi connectivity index (χ0n) is 16.2. The molecule has 4 rings (SSSR count). The minimum absolute atomic E-state index is 0.0252. The average Bonchev–Trinajstić information content (AvgIpc) is 3.14. The molecule has 0 radical (unpaired) electrons. The molecule has 1 atom stereocenters. The van der Waals surface area contributed by atoms with E-state index < -0.39 is 22.9 Å². The molecular weight excluding hydrogens is 421 g/mol. The first-order chi connectivity index (χ1) is 13.6. The number of carbonyl (C=O) groups excluding carboxylic acids is 2. The highest BCUT2D eigenvalue weighted by Gasteiger charge is 2.59. The zero-order chi connectivity index (χ0) is 21.0. The maximum atomic E-state index is 14.9. The van der Waals surface area contributed by atoms with Crippen molar-refractivity contribution in [3.63, 3.8) is 0 Å². The summed E-state index contributed by atoms with van der Waals surface area (Å²) in [5.41, 5.74) is -1.67. The van der Waals surface area contributed by atoms with E-state index in [1.807, 2.05) is 0 Å². The molecule has 3 aliphatic carbocycles. The Morgan fingerprint density at radius 3 is 2.38 bits per heavy atom. The van der Waals surface area contributed by atoms with Gasteiger partial charge >= 0.3 is 0 Å². The molecule has 0 saturated heterocycles. The van der Waals surface area contributed by atoms with E-state index in [1.54, 1.807) is 0 Å². The fraction of sp³-hybridized carbons (Fsp3) is 0.619. The SMILES string of the molecule is CC(=O)NC1CC(C(=O)N[C@@H](c2c(F)ccc(Cl)c2Cl)C23CCC(F)(CC2)C3)C1. The highest BCUT2D eigenvalue weighted by molar-refractivity contribution is 6.42. The molecule has 8 heteroatoms. The molecule has 2 N–H and O–H groups in total. The van der Waals surface area contributed by atoms with E-state index in [-0.39, 0.29) is 45.8 Å². The van der Waals surface area contributed by atoms with Gasteiger partial charge in [-0.25, -0.2) is 8.78 Å². The normalized spacial score (nSPS) is 33.8. The molecule has 0 spiro atoms. The summed E-state index contributed by atoms with van der Waals surface area (Å²) in [7, 11) is 0. The van der Waals surface area contributed by atoms with Crippen LogP contribution in [0.15, 0.2) is 12.1 Å². The molecule has 0 aromatic heterocycles. The van der Waals surface area contributed by atoms with Crippen molar-refractivity contribution in [2.45, 2.75) is 69.6 Å². The minimum Gasteiger partial charge on any atom is -0.354 e. The van der Waals surface area contributed by atoms with Crippen LogP contribution < -0.4 is 10.6 Å². The van der Waals surface area contributed by atoms with Crippen molar-refractivity contribution in [2.75, 3.05) is 0 Å². The van der Waals surface area contributed by atoms with Gasteiger partial charge in [-0.1, -0.05) is 23.2 Å². The fourth-order valence-electron chi connectivity index (χ4n) is 5.41. The van der Waals surface area contributed by atoms with Gasteiger partial charge in [-0.2, -0.15) is 0 Å². The third-order valence-corrected chi connectivity index (χ3v) is 7.81. The van der Waals surface area contributed by atoms with Crippen molar-refractivity contribution in [1.29, 1.82) is 0 Å². The molecule has 4 nitrogen and oxygen atoms in total. The lowest BCUT2D eigenvalue weighted by Gasteiger charge is -2.40. The average molecular weight is 445 g/mol. The quantitative estimate of drug-likeness (QED) is 0.635. The van der Waals surface area contributed by atoms with Crippen molar-refractivity contribution < 1.29 is 18.4 Å². The van der Waals surface area contributed by atoms with Gasteiger partial charge in [-0.15, -0.1) is 0 Å². The molecule has 3 fully saturated rings. The first-order valence-corrected chi connectivity index (χ1v) is 10.8. The summed E-state index contributed by atoms with van der Waals surface area (Å²) in [6, 6.07) is 1.86. The van der Waals surface area contributed by atoms with Crippen molar-refractivity contribution in [3.05, 3.63) is 33.6 Å². The Morgan fingerprint density at radius 1 is 1.17 bits per heavy atom. The molecule has 2 amide bonds. The van der Waals surface area contributed by atoms with Gasteiger partial charge in [0, 0.05) is 24.4 Å². The highest BCUT2D eigenvalue weighted by atomic mass is 35.5. The predicted octanol–water partition coefficient (Wildman–Crippen LogP) is 4.88. The van der Waals surface area contributed by atoms with Gasteiger partial charge in [-0.05, 0) is 62.5 Å². The summed E-state index contributed by atoms with van der Waals surface area (Å²) in [6.07, 6.45) is 3.30. The molecule has 1 aromatic rings. The number of rotatable bonds is 5. The van der Waals surface area contributed by atoms with E-state index in [4.69, 9.17) is 23.2 Å². The van der Waals surface area contributed by atoms with Gasteiger partial charge in [0.25, 0.3) is 0 Å². The summed E-state index contributed by atoms with van der Waals surface area (Å²) < 4.78 is 29.8. The molecule has 29 heavy (non-hydrogen) atoms. The Hall–Kier alpha value is -1.40. The Kier molecular flexibility index (Phi) is 5.31. The maximum absolute atomic E-state index is 14.9. The summed E-state index contributed by atoms with van der Waals surface area (Å²) >= 11 is 12.5. The molecule has 3 aliphatic rings. The smallest absolute Gasteiger partial charge is 0.223 e. The number of alkyl halides is 1. The number of benzene rings is 1. The number of fused-ring (bicyclic) bond motifs is 2. The maximum Gasteiger partial charge on any atom is 0.223 e. The van der Waals surface area contributed by atoms with Gasteiger partial charge in [0.1, 0.15) is 11.5 Å². The van der Waals surface area contributed by atoms with Crippen LogP contribution in [0.5, 0.6) is 0 Å². The Labute approximate surface area is 178 Å². The van der Waals surface area contributed by atoms with E-state index in [1.165, 1.54) is 19.1 Å². The Balaban J connectivity index is 1.60. The van der Waals surface area contributed by atoms with Crippen LogP contribution in [0, 0.1) is 17.2 Å². The van der Waals surface area contributed by atoms with Gasteiger partial charge in [0.15, 0.2) is 0 Å². The second-order valence-corrected chi connectivity index (χ2v) is 9.74. The second-order valence-electron chi connectivity index (χ2n) is 8.95. The van der Waals surface area contributed by atoms with Crippen LogP contribution in [0.1, 0.15) is 63.5 Å². The lowest BCUT2D eigenvalue weighted by atomic mass is 9.73. The number of nitrogens with one attached hydrogen (secondary N) is 2. The fourth-order valence-corrected chi connectivity index (χ4v) is 5.83. The first kappa shape index (κ1) is 20.9. The van der Waals surface area contributed by atoms with Crippen molar-refractivity contribution in [3.8, 4) is 0 Å². The molecule has 0 aliphatic heterocycles. The Bertz CT molecular complexity index is 849. The van der Waals surface area contributed by atoms with Gasteiger partial charge in [0.2, 0.25) is 11.8 Å². The standard InChI is InChI=1S/C21H24Cl2F2N2O2/c1-11(28)26-13-8-12(9-13)19(29)27-18(16-15(24)3-2-14(22)17(16)23)20-4-6-21(25,10-20)7-5-20/h2-3,12-13,18H,4-10H2,1H3,(H,26,28)(H,27,29)/t12?,13?,18-,20?,21?/m0/s1. The van der Waals surface area contributed by atoms with Crippen molar-refractivity contribution >= 4 is 35.0 Å². The van der Waals surface area contributed by atoms with Crippen molar-refractivity contribution in [1.82, 2.24) is 10.6 Å². The lowest BCUT2D eigenvalue weighted by molar-refractivity contribution is -0.131. The molecular formula is C21H24Cl2F2N2O2. The van der Waals surface area contributed by atoms with Crippen LogP contribution in [-0.4, -0.2) is 23.5 Å². The summed E-state index contributed by atoms with van der Waals surface area (Å²) in [5.74, 6) is -1.17. The summed E-state index contributed by atoms with van der Waals surface area (Å²) in [6.45, 7) is 1.44. The van der Waals surface area contributed by atoms with E-state index >= 15 is 0 Å². The van der Waals surface area contributed by atoms with E-state index in [2.05, 4.69) is 10.6 Å². The molecule has 2 bridgehead atoms. The van der Waals surface area contributed by atoms with Gasteiger partial charge in [-0.3, -0.25) is 9.59 Å². The predicted molar refractivity (Wildman–Crippen MR) is 107 cm³/mol. The van der Waals surface area contributed by atoms with E-state index in [0.717, 1.165) is 0 Å². The zero-order valence-corrected chi connectivity index (χ0v) is 17.7. The third-order valence-electron chi connectivity index (χ3n) is 6.99. The second kappa shape index (κ2) is 7.38. The minimum atomic E-state index is -1.25. The number of carbonyl (C=O) groups is 2. The Morgan fingerprint density at radius 2 is 1.83 bits per heavy atom. The monoisotopic (exact) mass is 444 g/mol. The molecule has 1 aromatic carbocycles. The van der Waals surface area contributed by atoms with E-state index in [0.29, 0.717) is 38.5 Å². The van der Waals surface area contributed by atoms with E-state index in [9.17, 15) is 18.4 Å². The topological polar surface area (TPSA) is 58.2 Å². The molecule has 158 valence electrons. The lowest BCUT2D eigenvalue weighted by Crippen LogP contribution is -2.51. The highest BCUT2D eigenvalue weighted by Crippen LogP contribution is 2.64. The van der Waals surface area contributed by atoms with Crippen LogP contribution in [0.4, 0.5) is 8.78 Å². The first-order valence-electron chi connectivity index (χ1n) is 10.0. The van der Waals surface area contributed by atoms with Gasteiger partial charge < -0.3 is 10.6 Å². The van der Waals surface area contributed by atoms with Gasteiger partial charge in [0.05, 0.1) is 16.1 Å². The molecule has 0 heterocycles. The van der Waals surface area contributed by atoms with Crippen LogP contribution in [0.25, 0.3) is 0 Å². The van der Waals surface area contributed by atoms with Crippen LogP contribution >= 0.6 is 23.2 Å². The number of hydrogen-bond donors (Lipinski definition) is 2. The summed E-state index contributed by atoms with van der Waals surface area (Å²) in [5, 5.41) is 6.06. The molecule has 0 unspecified atom stereocenters. The molecule has 3 saturated carbocycles. The summed E-state index contributed by atoms with van der Waals surface area (Å²) in [4.78, 5) is 24.1. The van der Waals surface area contributed by atoms with Crippen LogP contribution in [0.3, 0.4) is 0 Å². The number of hydrogen-bond acceptors (Lipinski definition) is 2. The number of halogens is 4. The number of amides is 2. The van der Waals surface area contributed by atoms with Crippen molar-refractivity contribution in [2.24, 2.45) is 11.3 Å². The third kappa shape index (κ3) is 3.74. The van der Waals surface area contributed by atoms with Crippen LogP contribution in [-0.2, 0) is 9.59 Å². The van der Waals surface area contributed by atoms with Crippen LogP contribution in [0.2, 0.25) is 10.0 Å².